The standard InChI is InChI=1S/C10H9ClFNO4S2/c11-7-3-6(1-2-8(7)12)19(16,17)13-5-18-4-9(13)10(14)15/h1-3,9H,4-5H2,(H,14,15). The minimum atomic E-state index is -3.99. The summed E-state index contributed by atoms with van der Waals surface area (Å²) in [4.78, 5) is 10.8. The van der Waals surface area contributed by atoms with E-state index in [4.69, 9.17) is 16.7 Å². The molecule has 1 aromatic carbocycles. The van der Waals surface area contributed by atoms with Gasteiger partial charge in [0.25, 0.3) is 0 Å². The summed E-state index contributed by atoms with van der Waals surface area (Å²) in [5.74, 6) is -1.70. The summed E-state index contributed by atoms with van der Waals surface area (Å²) in [5.41, 5.74) is 0. The molecule has 1 fully saturated rings. The van der Waals surface area contributed by atoms with E-state index in [1.165, 1.54) is 11.8 Å². The van der Waals surface area contributed by atoms with Crippen LogP contribution in [0.5, 0.6) is 0 Å². The van der Waals surface area contributed by atoms with Gasteiger partial charge in [0.2, 0.25) is 10.0 Å². The van der Waals surface area contributed by atoms with Crippen LogP contribution in [0.1, 0.15) is 0 Å². The number of halogens is 2. The van der Waals surface area contributed by atoms with E-state index in [9.17, 15) is 17.6 Å². The Morgan fingerprint density at radius 1 is 1.53 bits per heavy atom. The summed E-state index contributed by atoms with van der Waals surface area (Å²) in [6.45, 7) is 0. The minimum Gasteiger partial charge on any atom is -0.480 e. The number of thioether (sulfide) groups is 1. The molecular formula is C10H9ClFNO4S2. The zero-order chi connectivity index (χ0) is 14.2. The molecule has 104 valence electrons. The molecular weight excluding hydrogens is 317 g/mol. The average Bonchev–Trinajstić information content (AvgIpc) is 2.82. The summed E-state index contributed by atoms with van der Waals surface area (Å²) < 4.78 is 38.5. The fourth-order valence-electron chi connectivity index (χ4n) is 1.63. The van der Waals surface area contributed by atoms with E-state index in [0.717, 1.165) is 22.5 Å². The SMILES string of the molecule is O=C(O)C1CSCN1S(=O)(=O)c1ccc(F)c(Cl)c1. The highest BCUT2D eigenvalue weighted by Gasteiger charge is 2.40. The number of carboxylic acids is 1. The first-order chi connectivity index (χ1) is 8.84. The van der Waals surface area contributed by atoms with Crippen molar-refractivity contribution in [3.63, 3.8) is 0 Å². The number of carbonyl (C=O) groups is 1. The summed E-state index contributed by atoms with van der Waals surface area (Å²) >= 11 is 6.75. The number of rotatable bonds is 3. The topological polar surface area (TPSA) is 74.7 Å². The van der Waals surface area contributed by atoms with E-state index in [1.54, 1.807) is 0 Å². The van der Waals surface area contributed by atoms with Gasteiger partial charge in [-0.2, -0.15) is 4.31 Å². The van der Waals surface area contributed by atoms with Gasteiger partial charge in [-0.1, -0.05) is 11.6 Å². The van der Waals surface area contributed by atoms with Crippen LogP contribution >= 0.6 is 23.4 Å². The molecule has 5 nitrogen and oxygen atoms in total. The van der Waals surface area contributed by atoms with Crippen LogP contribution < -0.4 is 0 Å². The first kappa shape index (κ1) is 14.6. The Morgan fingerprint density at radius 3 is 2.79 bits per heavy atom. The quantitative estimate of drug-likeness (QED) is 0.914. The second-order valence-electron chi connectivity index (χ2n) is 3.82. The second kappa shape index (κ2) is 5.28. The molecule has 0 spiro atoms. The maximum absolute atomic E-state index is 13.0. The Bertz CT molecular complexity index is 622. The van der Waals surface area contributed by atoms with Crippen LogP contribution in [0.3, 0.4) is 0 Å². The Hall–Kier alpha value is -0.830. The average molecular weight is 326 g/mol. The lowest BCUT2D eigenvalue weighted by Gasteiger charge is -2.20. The van der Waals surface area contributed by atoms with Gasteiger partial charge < -0.3 is 5.11 Å². The number of hydrogen-bond donors (Lipinski definition) is 1. The van der Waals surface area contributed by atoms with Crippen molar-refractivity contribution < 1.29 is 22.7 Å². The number of carboxylic acid groups (broad SMARTS) is 1. The molecule has 1 atom stereocenters. The highest BCUT2D eigenvalue weighted by atomic mass is 35.5. The molecule has 19 heavy (non-hydrogen) atoms. The van der Waals surface area contributed by atoms with Crippen molar-refractivity contribution in [1.29, 1.82) is 0 Å². The highest BCUT2D eigenvalue weighted by molar-refractivity contribution is 8.00. The predicted octanol–water partition coefficient (Wildman–Crippen LogP) is 1.63. The normalized spacial score (nSPS) is 20.6. The Labute approximate surface area is 118 Å². The van der Waals surface area contributed by atoms with Crippen molar-refractivity contribution in [1.82, 2.24) is 4.31 Å². The Balaban J connectivity index is 2.42. The molecule has 1 heterocycles. The van der Waals surface area contributed by atoms with E-state index >= 15 is 0 Å². The van der Waals surface area contributed by atoms with E-state index in [1.807, 2.05) is 0 Å². The van der Waals surface area contributed by atoms with Gasteiger partial charge in [-0.25, -0.2) is 12.8 Å². The molecule has 9 heteroatoms. The molecule has 1 saturated heterocycles. The fraction of sp³-hybridized carbons (Fsp3) is 0.300. The summed E-state index contributed by atoms with van der Waals surface area (Å²) in [7, 11) is -3.99. The van der Waals surface area contributed by atoms with Gasteiger partial charge in [0.05, 0.1) is 15.8 Å². The molecule has 2 rings (SSSR count). The number of hydrogen-bond acceptors (Lipinski definition) is 4. The van der Waals surface area contributed by atoms with E-state index in [-0.39, 0.29) is 21.5 Å². The van der Waals surface area contributed by atoms with Gasteiger partial charge in [0.15, 0.2) is 0 Å². The third kappa shape index (κ3) is 2.71. The molecule has 1 aliphatic rings. The molecule has 1 unspecified atom stereocenters. The Kier molecular flexibility index (Phi) is 4.05. The van der Waals surface area contributed by atoms with E-state index < -0.39 is 27.9 Å². The zero-order valence-electron chi connectivity index (χ0n) is 9.42. The van der Waals surface area contributed by atoms with Gasteiger partial charge in [0.1, 0.15) is 11.9 Å². The van der Waals surface area contributed by atoms with Crippen molar-refractivity contribution in [2.45, 2.75) is 10.9 Å². The van der Waals surface area contributed by atoms with Crippen LogP contribution in [-0.4, -0.2) is 41.5 Å². The Morgan fingerprint density at radius 2 is 2.21 bits per heavy atom. The van der Waals surface area contributed by atoms with Gasteiger partial charge in [0, 0.05) is 5.75 Å². The highest BCUT2D eigenvalue weighted by Crippen LogP contribution is 2.29. The molecule has 0 bridgehead atoms. The molecule has 0 saturated carbocycles. The number of aliphatic carboxylic acids is 1. The summed E-state index contributed by atoms with van der Waals surface area (Å²) in [6.07, 6.45) is 0. The lowest BCUT2D eigenvalue weighted by Crippen LogP contribution is -2.41. The predicted molar refractivity (Wildman–Crippen MR) is 69.2 cm³/mol. The first-order valence-corrected chi connectivity index (χ1v) is 8.09. The van der Waals surface area contributed by atoms with Gasteiger partial charge in [-0.3, -0.25) is 4.79 Å². The molecule has 0 radical (unpaired) electrons. The molecule has 1 aliphatic heterocycles. The lowest BCUT2D eigenvalue weighted by atomic mass is 10.3. The first-order valence-electron chi connectivity index (χ1n) is 5.11. The molecule has 1 aromatic rings. The van der Waals surface area contributed by atoms with E-state index in [0.29, 0.717) is 0 Å². The van der Waals surface area contributed by atoms with Crippen molar-refractivity contribution in [2.24, 2.45) is 0 Å². The summed E-state index contributed by atoms with van der Waals surface area (Å²) in [6, 6.07) is 1.87. The monoisotopic (exact) mass is 325 g/mol. The van der Waals surface area contributed by atoms with Gasteiger partial charge in [-0.15, -0.1) is 11.8 Å². The molecule has 0 aromatic heterocycles. The molecule has 1 N–H and O–H groups in total. The van der Waals surface area contributed by atoms with Crippen molar-refractivity contribution in [2.75, 3.05) is 11.6 Å². The van der Waals surface area contributed by atoms with Crippen molar-refractivity contribution in [3.8, 4) is 0 Å². The van der Waals surface area contributed by atoms with Gasteiger partial charge in [-0.05, 0) is 18.2 Å². The van der Waals surface area contributed by atoms with Crippen LogP contribution in [0, 0.1) is 5.82 Å². The van der Waals surface area contributed by atoms with Crippen LogP contribution in [-0.2, 0) is 14.8 Å². The lowest BCUT2D eigenvalue weighted by molar-refractivity contribution is -0.140. The summed E-state index contributed by atoms with van der Waals surface area (Å²) in [5, 5.41) is 8.67. The van der Waals surface area contributed by atoms with E-state index in [2.05, 4.69) is 0 Å². The van der Waals surface area contributed by atoms with Gasteiger partial charge >= 0.3 is 5.97 Å². The van der Waals surface area contributed by atoms with Crippen LogP contribution in [0.15, 0.2) is 23.1 Å². The number of benzene rings is 1. The molecule has 0 amide bonds. The maximum atomic E-state index is 13.0. The van der Waals surface area contributed by atoms with Crippen molar-refractivity contribution >= 4 is 39.4 Å². The third-order valence-electron chi connectivity index (χ3n) is 2.62. The van der Waals surface area contributed by atoms with Crippen LogP contribution in [0.4, 0.5) is 4.39 Å². The maximum Gasteiger partial charge on any atom is 0.322 e. The third-order valence-corrected chi connectivity index (χ3v) is 5.94. The second-order valence-corrected chi connectivity index (χ2v) is 7.12. The largest absolute Gasteiger partial charge is 0.480 e. The zero-order valence-corrected chi connectivity index (χ0v) is 11.8. The van der Waals surface area contributed by atoms with Crippen LogP contribution in [0.25, 0.3) is 0 Å². The van der Waals surface area contributed by atoms with Crippen molar-refractivity contribution in [3.05, 3.63) is 29.0 Å². The molecule has 0 aliphatic carbocycles. The minimum absolute atomic E-state index is 0.0499. The van der Waals surface area contributed by atoms with Crippen LogP contribution in [0.2, 0.25) is 5.02 Å². The number of sulfonamides is 1. The number of nitrogens with zero attached hydrogens (tertiary/aromatic N) is 1. The fourth-order valence-corrected chi connectivity index (χ4v) is 5.04. The smallest absolute Gasteiger partial charge is 0.322 e.